The van der Waals surface area contributed by atoms with Gasteiger partial charge in [0.2, 0.25) is 0 Å². The van der Waals surface area contributed by atoms with Crippen molar-refractivity contribution in [2.45, 2.75) is 6.92 Å². The average Bonchev–Trinajstić information content (AvgIpc) is 2.73. The number of aliphatic carboxylic acids is 2. The first kappa shape index (κ1) is 29.8. The van der Waals surface area contributed by atoms with Crippen LogP contribution in [0, 0.1) is 0 Å². The highest BCUT2D eigenvalue weighted by molar-refractivity contribution is 5.74. The van der Waals surface area contributed by atoms with Gasteiger partial charge in [0.1, 0.15) is 26.7 Å². The Morgan fingerprint density at radius 1 is 0.758 bits per heavy atom. The Balaban J connectivity index is 4.83. The van der Waals surface area contributed by atoms with E-state index in [1.807, 2.05) is 0 Å². The SMILES string of the molecule is C=C(C)OCCOC(=O)CN(CCN(CCN(COC=O)COC=O)CC(=O)O)CC(=O)O. The van der Waals surface area contributed by atoms with Crippen LogP contribution in [0.4, 0.5) is 0 Å². The molecule has 0 aromatic carbocycles. The molecule has 0 atom stereocenters. The smallest absolute Gasteiger partial charge is 0.320 e. The van der Waals surface area contributed by atoms with Crippen molar-refractivity contribution in [1.29, 1.82) is 0 Å². The predicted molar refractivity (Wildman–Crippen MR) is 111 cm³/mol. The summed E-state index contributed by atoms with van der Waals surface area (Å²) in [6.07, 6.45) is 0. The number of nitrogens with zero attached hydrogens (tertiary/aromatic N) is 3. The summed E-state index contributed by atoms with van der Waals surface area (Å²) in [6.45, 7) is 4.75. The molecule has 0 unspecified atom stereocenters. The van der Waals surface area contributed by atoms with Crippen LogP contribution in [0.3, 0.4) is 0 Å². The molecule has 188 valence electrons. The summed E-state index contributed by atoms with van der Waals surface area (Å²) in [6, 6.07) is 0. The van der Waals surface area contributed by atoms with Crippen LogP contribution >= 0.6 is 0 Å². The van der Waals surface area contributed by atoms with Gasteiger partial charge in [0.25, 0.3) is 12.9 Å². The number of esters is 1. The van der Waals surface area contributed by atoms with Crippen LogP contribution in [0.5, 0.6) is 0 Å². The monoisotopic (exact) mass is 477 g/mol. The van der Waals surface area contributed by atoms with Gasteiger partial charge in [0.15, 0.2) is 0 Å². The summed E-state index contributed by atoms with van der Waals surface area (Å²) >= 11 is 0. The zero-order valence-electron chi connectivity index (χ0n) is 18.6. The molecular formula is C19H31N3O11. The second-order valence-corrected chi connectivity index (χ2v) is 6.72. The number of carbonyl (C=O) groups excluding carboxylic acids is 3. The second-order valence-electron chi connectivity index (χ2n) is 6.72. The van der Waals surface area contributed by atoms with E-state index in [-0.39, 0.29) is 78.9 Å². The van der Waals surface area contributed by atoms with Crippen LogP contribution < -0.4 is 0 Å². The first-order valence-corrected chi connectivity index (χ1v) is 9.83. The van der Waals surface area contributed by atoms with Gasteiger partial charge in [-0.15, -0.1) is 0 Å². The van der Waals surface area contributed by atoms with Gasteiger partial charge in [-0.05, 0) is 6.92 Å². The van der Waals surface area contributed by atoms with Crippen LogP contribution in [0.1, 0.15) is 6.92 Å². The third-order valence-corrected chi connectivity index (χ3v) is 3.88. The van der Waals surface area contributed by atoms with E-state index in [9.17, 15) is 24.0 Å². The number of carbonyl (C=O) groups is 5. The van der Waals surface area contributed by atoms with Crippen molar-refractivity contribution in [1.82, 2.24) is 14.7 Å². The molecule has 0 aliphatic carbocycles. The fourth-order valence-electron chi connectivity index (χ4n) is 2.47. The first-order chi connectivity index (χ1) is 15.7. The zero-order chi connectivity index (χ0) is 25.1. The van der Waals surface area contributed by atoms with Crippen LogP contribution in [0.15, 0.2) is 12.3 Å². The van der Waals surface area contributed by atoms with Gasteiger partial charge in [-0.2, -0.15) is 0 Å². The predicted octanol–water partition coefficient (Wildman–Crippen LogP) is -1.58. The molecule has 0 fully saturated rings. The summed E-state index contributed by atoms with van der Waals surface area (Å²) in [7, 11) is 0. The molecule has 0 saturated carbocycles. The van der Waals surface area contributed by atoms with Gasteiger partial charge in [-0.1, -0.05) is 6.58 Å². The van der Waals surface area contributed by atoms with Crippen LogP contribution in [0.2, 0.25) is 0 Å². The Morgan fingerprint density at radius 2 is 1.21 bits per heavy atom. The largest absolute Gasteiger partial charge is 0.495 e. The second kappa shape index (κ2) is 18.4. The molecule has 0 rings (SSSR count). The minimum absolute atomic E-state index is 0.0285. The average molecular weight is 477 g/mol. The molecule has 33 heavy (non-hydrogen) atoms. The lowest BCUT2D eigenvalue weighted by Gasteiger charge is -2.27. The van der Waals surface area contributed by atoms with Crippen molar-refractivity contribution in [3.05, 3.63) is 12.3 Å². The van der Waals surface area contributed by atoms with E-state index < -0.39 is 24.5 Å². The Bertz CT molecular complexity index is 632. The Labute approximate surface area is 191 Å². The molecule has 14 heteroatoms. The minimum atomic E-state index is -1.17. The number of rotatable bonds is 22. The lowest BCUT2D eigenvalue weighted by atomic mass is 10.3. The normalized spacial score (nSPS) is 10.7. The van der Waals surface area contributed by atoms with Crippen molar-refractivity contribution in [3.63, 3.8) is 0 Å². The summed E-state index contributed by atoms with van der Waals surface area (Å²) < 4.78 is 19.3. The van der Waals surface area contributed by atoms with Crippen molar-refractivity contribution in [3.8, 4) is 0 Å². The summed E-state index contributed by atoms with van der Waals surface area (Å²) in [5.74, 6) is -2.47. The first-order valence-electron chi connectivity index (χ1n) is 9.83. The number of hydrogen-bond donors (Lipinski definition) is 2. The Kier molecular flexibility index (Phi) is 16.6. The highest BCUT2D eigenvalue weighted by Gasteiger charge is 2.18. The maximum Gasteiger partial charge on any atom is 0.320 e. The highest BCUT2D eigenvalue weighted by Crippen LogP contribution is 1.98. The van der Waals surface area contributed by atoms with E-state index in [2.05, 4.69) is 16.1 Å². The highest BCUT2D eigenvalue weighted by atomic mass is 16.6. The van der Waals surface area contributed by atoms with Crippen molar-refractivity contribution in [2.24, 2.45) is 0 Å². The Morgan fingerprint density at radius 3 is 1.70 bits per heavy atom. The van der Waals surface area contributed by atoms with E-state index in [4.69, 9.17) is 19.7 Å². The molecule has 14 nitrogen and oxygen atoms in total. The van der Waals surface area contributed by atoms with Crippen molar-refractivity contribution in [2.75, 3.05) is 72.5 Å². The molecule has 0 saturated heterocycles. The molecule has 0 amide bonds. The van der Waals surface area contributed by atoms with E-state index in [0.717, 1.165) is 0 Å². The molecule has 0 radical (unpaired) electrons. The zero-order valence-corrected chi connectivity index (χ0v) is 18.6. The van der Waals surface area contributed by atoms with E-state index >= 15 is 0 Å². The molecular weight excluding hydrogens is 446 g/mol. The minimum Gasteiger partial charge on any atom is -0.495 e. The lowest BCUT2D eigenvalue weighted by Crippen LogP contribution is -2.44. The molecule has 2 N–H and O–H groups in total. The number of hydrogen-bond acceptors (Lipinski definition) is 12. The molecule has 0 aromatic heterocycles. The third kappa shape index (κ3) is 18.1. The van der Waals surface area contributed by atoms with Crippen molar-refractivity contribution < 1.29 is 53.1 Å². The number of ether oxygens (including phenoxy) is 4. The van der Waals surface area contributed by atoms with Crippen molar-refractivity contribution >= 4 is 30.9 Å². The molecule has 0 bridgehead atoms. The number of carboxylic acid groups (broad SMARTS) is 2. The van der Waals surface area contributed by atoms with Gasteiger partial charge in [0.05, 0.1) is 25.4 Å². The number of carboxylic acids is 2. The van der Waals surface area contributed by atoms with Crippen LogP contribution in [-0.4, -0.2) is 128 Å². The fraction of sp³-hybridized carbons (Fsp3) is 0.632. The maximum absolute atomic E-state index is 12.0. The third-order valence-electron chi connectivity index (χ3n) is 3.88. The van der Waals surface area contributed by atoms with Gasteiger partial charge in [-0.3, -0.25) is 33.8 Å². The topological polar surface area (TPSA) is 172 Å². The standard InChI is InChI=1S/C19H31N3O11/c1-16(2)32-7-8-33-19(29)11-21(10-18(27)28)5-3-20(9-17(25)26)4-6-22(12-30-14-23)13-31-15-24/h14-15H,1,3-13H2,2H3,(H,25,26)(H,27,28). The van der Waals surface area contributed by atoms with E-state index in [0.29, 0.717) is 5.76 Å². The Hall–Kier alpha value is -3.23. The summed E-state index contributed by atoms with van der Waals surface area (Å²) in [5.41, 5.74) is 0. The maximum atomic E-state index is 12.0. The van der Waals surface area contributed by atoms with Crippen LogP contribution in [0.25, 0.3) is 0 Å². The fourth-order valence-corrected chi connectivity index (χ4v) is 2.47. The summed E-state index contributed by atoms with van der Waals surface area (Å²) in [5, 5.41) is 18.3. The van der Waals surface area contributed by atoms with Crippen LogP contribution in [-0.2, 0) is 42.9 Å². The lowest BCUT2D eigenvalue weighted by molar-refractivity contribution is -0.148. The van der Waals surface area contributed by atoms with Gasteiger partial charge in [-0.25, -0.2) is 4.90 Å². The van der Waals surface area contributed by atoms with Gasteiger partial charge in [0, 0.05) is 26.2 Å². The molecule has 0 spiro atoms. The van der Waals surface area contributed by atoms with Gasteiger partial charge < -0.3 is 29.2 Å². The quantitative estimate of drug-likeness (QED) is 0.0456. The van der Waals surface area contributed by atoms with Gasteiger partial charge >= 0.3 is 17.9 Å². The molecule has 0 heterocycles. The molecule has 0 aliphatic rings. The number of allylic oxidation sites excluding steroid dienone is 1. The molecule has 0 aromatic rings. The van der Waals surface area contributed by atoms with E-state index in [1.165, 1.54) is 14.7 Å². The molecule has 0 aliphatic heterocycles. The summed E-state index contributed by atoms with van der Waals surface area (Å²) in [4.78, 5) is 59.3. The van der Waals surface area contributed by atoms with E-state index in [1.54, 1.807) is 6.92 Å².